The Labute approximate surface area is 223 Å². The fourth-order valence-corrected chi connectivity index (χ4v) is 7.43. The number of nitrogens with one attached hydrogen (secondary N) is 3. The molecule has 2 saturated carbocycles. The zero-order chi connectivity index (χ0) is 26.0. The Hall–Kier alpha value is -2.62. The minimum absolute atomic E-state index is 0.00904. The highest BCUT2D eigenvalue weighted by Gasteiger charge is 2.62. The maximum atomic E-state index is 13.8. The molecule has 0 bridgehead atoms. The molecule has 9 nitrogen and oxygen atoms in total. The topological polar surface area (TPSA) is 132 Å². The van der Waals surface area contributed by atoms with E-state index in [0.29, 0.717) is 58.0 Å². The van der Waals surface area contributed by atoms with Crippen LogP contribution in [0.5, 0.6) is 0 Å². The average molecular weight is 547 g/mol. The van der Waals surface area contributed by atoms with Gasteiger partial charge in [0.2, 0.25) is 11.8 Å². The van der Waals surface area contributed by atoms with Crippen molar-refractivity contribution in [2.24, 2.45) is 29.6 Å². The SMILES string of the molecule is O=C1NCC[C@H]1C[C@H](NC(=O)[C@@H]1[C@H]2CC3C[C@@H]3[C@H]2CN1C(=O)c1cc2c(Cl)cc(Cl)cc2[nH]1)C(=O)CO. The molecule has 196 valence electrons. The first kappa shape index (κ1) is 24.7. The number of aromatic nitrogens is 1. The van der Waals surface area contributed by atoms with E-state index in [1.165, 1.54) is 0 Å². The Bertz CT molecular complexity index is 1310. The van der Waals surface area contributed by atoms with E-state index < -0.39 is 36.3 Å². The van der Waals surface area contributed by atoms with Crippen molar-refractivity contribution in [3.63, 3.8) is 0 Å². The summed E-state index contributed by atoms with van der Waals surface area (Å²) in [7, 11) is 0. The zero-order valence-electron chi connectivity index (χ0n) is 20.0. The van der Waals surface area contributed by atoms with Gasteiger partial charge in [0.1, 0.15) is 18.3 Å². The first-order valence-corrected chi connectivity index (χ1v) is 13.5. The molecule has 2 aliphatic heterocycles. The van der Waals surface area contributed by atoms with Crippen molar-refractivity contribution in [1.82, 2.24) is 20.5 Å². The summed E-state index contributed by atoms with van der Waals surface area (Å²) in [5, 5.41) is 16.6. The number of carbonyl (C=O) groups is 4. The highest BCUT2D eigenvalue weighted by atomic mass is 35.5. The van der Waals surface area contributed by atoms with Crippen molar-refractivity contribution < 1.29 is 24.3 Å². The number of nitrogens with zero attached hydrogens (tertiary/aromatic N) is 1. The number of amides is 3. The molecule has 2 saturated heterocycles. The number of rotatable bonds is 7. The summed E-state index contributed by atoms with van der Waals surface area (Å²) in [6.07, 6.45) is 2.69. The number of aliphatic hydroxyl groups is 1. The summed E-state index contributed by atoms with van der Waals surface area (Å²) in [5.41, 5.74) is 0.946. The van der Waals surface area contributed by atoms with E-state index in [4.69, 9.17) is 23.2 Å². The molecular weight excluding hydrogens is 519 g/mol. The monoisotopic (exact) mass is 546 g/mol. The van der Waals surface area contributed by atoms with E-state index in [-0.39, 0.29) is 30.1 Å². The molecular formula is C26H28Cl2N4O5. The number of H-pyrrole nitrogens is 1. The maximum absolute atomic E-state index is 13.8. The van der Waals surface area contributed by atoms with Crippen LogP contribution in [0.3, 0.4) is 0 Å². The third-order valence-electron chi connectivity index (χ3n) is 8.76. The molecule has 3 amide bonds. The Morgan fingerprint density at radius 2 is 1.92 bits per heavy atom. The molecule has 4 fully saturated rings. The van der Waals surface area contributed by atoms with E-state index in [2.05, 4.69) is 15.6 Å². The second-order valence-electron chi connectivity index (χ2n) is 10.9. The van der Waals surface area contributed by atoms with Gasteiger partial charge < -0.3 is 25.6 Å². The van der Waals surface area contributed by atoms with Crippen LogP contribution in [-0.2, 0) is 14.4 Å². The number of benzene rings is 1. The number of hydrogen-bond donors (Lipinski definition) is 4. The molecule has 4 aliphatic rings. The van der Waals surface area contributed by atoms with Gasteiger partial charge >= 0.3 is 0 Å². The minimum Gasteiger partial charge on any atom is -0.389 e. The van der Waals surface area contributed by atoms with Gasteiger partial charge in [0.15, 0.2) is 5.78 Å². The van der Waals surface area contributed by atoms with Crippen molar-refractivity contribution in [1.29, 1.82) is 0 Å². The lowest BCUT2D eigenvalue weighted by Crippen LogP contribution is -2.53. The van der Waals surface area contributed by atoms with Gasteiger partial charge in [-0.2, -0.15) is 0 Å². The first-order valence-electron chi connectivity index (χ1n) is 12.8. The summed E-state index contributed by atoms with van der Waals surface area (Å²) >= 11 is 12.5. The van der Waals surface area contributed by atoms with Gasteiger partial charge in [-0.05, 0) is 67.6 Å². The number of aliphatic hydroxyl groups excluding tert-OH is 1. The molecule has 0 spiro atoms. The Morgan fingerprint density at radius 1 is 1.14 bits per heavy atom. The number of fused-ring (bicyclic) bond motifs is 4. The van der Waals surface area contributed by atoms with Crippen molar-refractivity contribution in [2.75, 3.05) is 19.7 Å². The van der Waals surface area contributed by atoms with Gasteiger partial charge in [0.05, 0.1) is 11.1 Å². The number of likely N-dealkylation sites (tertiary alicyclic amines) is 1. The highest BCUT2D eigenvalue weighted by Crippen LogP contribution is 2.62. The number of aromatic amines is 1. The van der Waals surface area contributed by atoms with Crippen LogP contribution in [0.15, 0.2) is 18.2 Å². The lowest BCUT2D eigenvalue weighted by molar-refractivity contribution is -0.133. The molecule has 0 radical (unpaired) electrons. The van der Waals surface area contributed by atoms with Crippen molar-refractivity contribution in [3.8, 4) is 0 Å². The minimum atomic E-state index is -0.993. The molecule has 37 heavy (non-hydrogen) atoms. The Balaban J connectivity index is 1.27. The molecule has 2 aliphatic carbocycles. The van der Waals surface area contributed by atoms with Crippen LogP contribution in [0.25, 0.3) is 10.9 Å². The van der Waals surface area contributed by atoms with Gasteiger partial charge in [0, 0.05) is 34.9 Å². The fraction of sp³-hybridized carbons (Fsp3) is 0.538. The highest BCUT2D eigenvalue weighted by molar-refractivity contribution is 6.38. The fourth-order valence-electron chi connectivity index (χ4n) is 6.88. The summed E-state index contributed by atoms with van der Waals surface area (Å²) < 4.78 is 0. The number of halogens is 2. The molecule has 3 heterocycles. The van der Waals surface area contributed by atoms with E-state index in [1.54, 1.807) is 23.1 Å². The van der Waals surface area contributed by atoms with Crippen LogP contribution in [-0.4, -0.2) is 70.3 Å². The van der Waals surface area contributed by atoms with Crippen molar-refractivity contribution >= 4 is 57.6 Å². The van der Waals surface area contributed by atoms with E-state index >= 15 is 0 Å². The standard InChI is InChI=1S/C26H28Cl2N4O5/c27-13-6-18(28)16-8-21(30-19(16)7-13)26(37)32-9-17-14-3-12(14)4-15(17)23(32)25(36)31-20(22(34)10-33)5-11-1-2-29-24(11)35/h6-8,11-12,14-15,17,20,23,30,33H,1-5,9-10H2,(H,29,35)(H,31,36)/t11-,12?,14-,15-,17+,20-,23-/m0/s1. The van der Waals surface area contributed by atoms with E-state index in [9.17, 15) is 24.3 Å². The van der Waals surface area contributed by atoms with Crippen LogP contribution < -0.4 is 10.6 Å². The molecule has 2 aromatic rings. The number of carbonyl (C=O) groups excluding carboxylic acids is 4. The third kappa shape index (κ3) is 4.30. The number of Topliss-reactive ketones (excluding diaryl/α,β-unsaturated/α-hetero) is 1. The maximum Gasteiger partial charge on any atom is 0.271 e. The van der Waals surface area contributed by atoms with Crippen molar-refractivity contribution in [2.45, 2.75) is 37.8 Å². The van der Waals surface area contributed by atoms with Crippen LogP contribution in [0.2, 0.25) is 10.0 Å². The molecule has 1 aromatic heterocycles. The first-order chi connectivity index (χ1) is 17.7. The molecule has 7 atom stereocenters. The van der Waals surface area contributed by atoms with Crippen molar-refractivity contribution in [3.05, 3.63) is 33.9 Å². The predicted molar refractivity (Wildman–Crippen MR) is 136 cm³/mol. The van der Waals surface area contributed by atoms with E-state index in [1.807, 2.05) is 0 Å². The van der Waals surface area contributed by atoms with Crippen LogP contribution in [0.4, 0.5) is 0 Å². The number of ketones is 1. The molecule has 1 unspecified atom stereocenters. The Kier molecular flexibility index (Phi) is 6.20. The van der Waals surface area contributed by atoms with Gasteiger partial charge in [0.25, 0.3) is 5.91 Å². The summed E-state index contributed by atoms with van der Waals surface area (Å²) in [5.74, 6) is -0.473. The molecule has 4 N–H and O–H groups in total. The predicted octanol–water partition coefficient (Wildman–Crippen LogP) is 2.14. The van der Waals surface area contributed by atoms with Gasteiger partial charge in [-0.15, -0.1) is 0 Å². The third-order valence-corrected chi connectivity index (χ3v) is 9.29. The van der Waals surface area contributed by atoms with Crippen LogP contribution in [0.1, 0.15) is 36.2 Å². The normalized spacial score (nSPS) is 30.7. The number of hydrogen-bond acceptors (Lipinski definition) is 5. The summed E-state index contributed by atoms with van der Waals surface area (Å²) in [6.45, 7) is 0.256. The van der Waals surface area contributed by atoms with E-state index in [0.717, 1.165) is 12.8 Å². The molecule has 11 heteroatoms. The van der Waals surface area contributed by atoms with Gasteiger partial charge in [-0.3, -0.25) is 19.2 Å². The summed E-state index contributed by atoms with van der Waals surface area (Å²) in [6, 6.07) is 3.26. The Morgan fingerprint density at radius 3 is 2.65 bits per heavy atom. The lowest BCUT2D eigenvalue weighted by Gasteiger charge is -2.29. The van der Waals surface area contributed by atoms with Crippen LogP contribution >= 0.6 is 23.2 Å². The second kappa shape index (κ2) is 9.29. The zero-order valence-corrected chi connectivity index (χ0v) is 21.5. The lowest BCUT2D eigenvalue weighted by atomic mass is 9.88. The summed E-state index contributed by atoms with van der Waals surface area (Å²) in [4.78, 5) is 56.8. The smallest absolute Gasteiger partial charge is 0.271 e. The quantitative estimate of drug-likeness (QED) is 0.422. The second-order valence-corrected chi connectivity index (χ2v) is 11.7. The largest absolute Gasteiger partial charge is 0.389 e. The van der Waals surface area contributed by atoms with Gasteiger partial charge in [-0.25, -0.2) is 0 Å². The van der Waals surface area contributed by atoms with Gasteiger partial charge in [-0.1, -0.05) is 23.2 Å². The van der Waals surface area contributed by atoms with Crippen LogP contribution in [0, 0.1) is 29.6 Å². The molecule has 1 aromatic carbocycles. The average Bonchev–Trinajstić information content (AvgIpc) is 3.22. The molecule has 6 rings (SSSR count).